The number of rotatable bonds is 5. The number of hydrogen-bond donors (Lipinski definition) is 1. The van der Waals surface area contributed by atoms with Gasteiger partial charge in [-0.15, -0.1) is 0 Å². The lowest BCUT2D eigenvalue weighted by Gasteiger charge is -2.29. The van der Waals surface area contributed by atoms with Crippen LogP contribution in [0.25, 0.3) is 0 Å². The van der Waals surface area contributed by atoms with Crippen LogP contribution in [0.5, 0.6) is 0 Å². The summed E-state index contributed by atoms with van der Waals surface area (Å²) in [5.41, 5.74) is 5.27. The number of esters is 1. The van der Waals surface area contributed by atoms with Gasteiger partial charge in [0.15, 0.2) is 0 Å². The monoisotopic (exact) mass is 282 g/mol. The second-order valence-electron chi connectivity index (χ2n) is 5.58. The second-order valence-corrected chi connectivity index (χ2v) is 5.58. The van der Waals surface area contributed by atoms with Crippen molar-refractivity contribution < 1.29 is 19.1 Å². The quantitative estimate of drug-likeness (QED) is 0.588. The van der Waals surface area contributed by atoms with Gasteiger partial charge in [-0.3, -0.25) is 19.3 Å². The first-order chi connectivity index (χ1) is 9.49. The normalized spacial score (nSPS) is 30.1. The third-order valence-electron chi connectivity index (χ3n) is 4.38. The number of imide groups is 1. The molecule has 2 unspecified atom stereocenters. The molecular formula is C14H22N2O4. The lowest BCUT2D eigenvalue weighted by molar-refractivity contribution is -0.151. The lowest BCUT2D eigenvalue weighted by atomic mass is 9.85. The van der Waals surface area contributed by atoms with E-state index < -0.39 is 5.54 Å². The van der Waals surface area contributed by atoms with Crippen LogP contribution in [0, 0.1) is 5.92 Å². The third kappa shape index (κ3) is 2.70. The van der Waals surface area contributed by atoms with Crippen LogP contribution in [0.2, 0.25) is 0 Å². The van der Waals surface area contributed by atoms with Crippen molar-refractivity contribution in [3.8, 4) is 0 Å². The molecule has 0 spiro atoms. The Morgan fingerprint density at radius 2 is 2.05 bits per heavy atom. The maximum absolute atomic E-state index is 12.0. The van der Waals surface area contributed by atoms with E-state index in [-0.39, 0.29) is 23.7 Å². The summed E-state index contributed by atoms with van der Waals surface area (Å²) in [5, 5.41) is 0. The standard InChI is InChI=1S/C14H22N2O4/c1-2-20-13(19)14(15)8-3-4-10(14)7-9-16-11(17)5-6-12(16)18/h10H,2-9,15H2,1H3. The molecule has 20 heavy (non-hydrogen) atoms. The molecule has 2 fully saturated rings. The molecule has 0 aromatic carbocycles. The Morgan fingerprint density at radius 3 is 2.65 bits per heavy atom. The molecule has 112 valence electrons. The first kappa shape index (κ1) is 15.0. The van der Waals surface area contributed by atoms with Gasteiger partial charge in [0, 0.05) is 19.4 Å². The van der Waals surface area contributed by atoms with E-state index in [0.29, 0.717) is 38.8 Å². The Hall–Kier alpha value is -1.43. The average Bonchev–Trinajstić information content (AvgIpc) is 2.93. The number of amides is 2. The molecule has 0 bridgehead atoms. The molecule has 2 rings (SSSR count). The summed E-state index contributed by atoms with van der Waals surface area (Å²) >= 11 is 0. The molecule has 1 aliphatic heterocycles. The van der Waals surface area contributed by atoms with E-state index in [9.17, 15) is 14.4 Å². The number of carbonyl (C=O) groups is 3. The number of ether oxygens (including phenoxy) is 1. The highest BCUT2D eigenvalue weighted by atomic mass is 16.5. The van der Waals surface area contributed by atoms with Gasteiger partial charge < -0.3 is 10.5 Å². The molecule has 2 amide bonds. The van der Waals surface area contributed by atoms with Gasteiger partial charge in [0.25, 0.3) is 0 Å². The Bertz CT molecular complexity index is 407. The summed E-state index contributed by atoms with van der Waals surface area (Å²) in [5.74, 6) is -0.622. The van der Waals surface area contributed by atoms with Crippen LogP contribution >= 0.6 is 0 Å². The van der Waals surface area contributed by atoms with Crippen molar-refractivity contribution in [1.29, 1.82) is 0 Å². The highest BCUT2D eigenvalue weighted by Gasteiger charge is 2.47. The fourth-order valence-corrected chi connectivity index (χ4v) is 3.20. The molecule has 6 nitrogen and oxygen atoms in total. The predicted molar refractivity (Wildman–Crippen MR) is 71.5 cm³/mol. The topological polar surface area (TPSA) is 89.7 Å². The van der Waals surface area contributed by atoms with Gasteiger partial charge in [0.1, 0.15) is 5.54 Å². The fourth-order valence-electron chi connectivity index (χ4n) is 3.20. The van der Waals surface area contributed by atoms with Gasteiger partial charge in [0.05, 0.1) is 6.61 Å². The Morgan fingerprint density at radius 1 is 1.40 bits per heavy atom. The molecule has 0 aromatic heterocycles. The number of likely N-dealkylation sites (tertiary alicyclic amines) is 1. The molecule has 2 atom stereocenters. The van der Waals surface area contributed by atoms with Gasteiger partial charge in [-0.05, 0) is 32.1 Å². The van der Waals surface area contributed by atoms with Crippen LogP contribution in [0.4, 0.5) is 0 Å². The zero-order valence-electron chi connectivity index (χ0n) is 11.9. The van der Waals surface area contributed by atoms with Gasteiger partial charge in [0.2, 0.25) is 11.8 Å². The second kappa shape index (κ2) is 5.91. The summed E-state index contributed by atoms with van der Waals surface area (Å²) in [6, 6.07) is 0. The summed E-state index contributed by atoms with van der Waals surface area (Å²) in [7, 11) is 0. The van der Waals surface area contributed by atoms with Crippen LogP contribution in [0.3, 0.4) is 0 Å². The summed E-state index contributed by atoms with van der Waals surface area (Å²) in [4.78, 5) is 36.4. The minimum Gasteiger partial charge on any atom is -0.465 e. The van der Waals surface area contributed by atoms with E-state index in [4.69, 9.17) is 10.5 Å². The van der Waals surface area contributed by atoms with E-state index in [2.05, 4.69) is 0 Å². The van der Waals surface area contributed by atoms with Crippen LogP contribution < -0.4 is 5.73 Å². The molecule has 1 aliphatic carbocycles. The summed E-state index contributed by atoms with van der Waals surface area (Å²) in [6.45, 7) is 2.43. The van der Waals surface area contributed by atoms with Crippen LogP contribution in [-0.2, 0) is 19.1 Å². The largest absolute Gasteiger partial charge is 0.465 e. The van der Waals surface area contributed by atoms with E-state index in [1.165, 1.54) is 4.90 Å². The molecule has 1 heterocycles. The van der Waals surface area contributed by atoms with Crippen LogP contribution in [-0.4, -0.2) is 41.4 Å². The van der Waals surface area contributed by atoms with Crippen molar-refractivity contribution in [3.05, 3.63) is 0 Å². The first-order valence-corrected chi connectivity index (χ1v) is 7.28. The highest BCUT2D eigenvalue weighted by molar-refractivity contribution is 6.01. The minimum absolute atomic E-state index is 0.0252. The number of nitrogens with zero attached hydrogens (tertiary/aromatic N) is 1. The minimum atomic E-state index is -0.957. The van der Waals surface area contributed by atoms with E-state index in [1.807, 2.05) is 0 Å². The predicted octanol–water partition coefficient (Wildman–Crippen LogP) is 0.586. The van der Waals surface area contributed by atoms with Crippen LogP contribution in [0.15, 0.2) is 0 Å². The van der Waals surface area contributed by atoms with E-state index >= 15 is 0 Å². The van der Waals surface area contributed by atoms with Crippen LogP contribution in [0.1, 0.15) is 45.4 Å². The molecule has 2 N–H and O–H groups in total. The SMILES string of the molecule is CCOC(=O)C1(N)CCCC1CCN1C(=O)CCC1=O. The van der Waals surface area contributed by atoms with E-state index in [1.54, 1.807) is 6.92 Å². The number of hydrogen-bond acceptors (Lipinski definition) is 5. The number of nitrogens with two attached hydrogens (primary N) is 1. The van der Waals surface area contributed by atoms with E-state index in [0.717, 1.165) is 12.8 Å². The molecule has 1 saturated heterocycles. The zero-order valence-corrected chi connectivity index (χ0v) is 11.9. The molecule has 1 saturated carbocycles. The molecular weight excluding hydrogens is 260 g/mol. The number of carbonyl (C=O) groups excluding carboxylic acids is 3. The molecule has 0 radical (unpaired) electrons. The summed E-state index contributed by atoms with van der Waals surface area (Å²) < 4.78 is 5.06. The average molecular weight is 282 g/mol. The lowest BCUT2D eigenvalue weighted by Crippen LogP contribution is -2.52. The van der Waals surface area contributed by atoms with Crippen molar-refractivity contribution in [3.63, 3.8) is 0 Å². The molecule has 0 aromatic rings. The van der Waals surface area contributed by atoms with Crippen molar-refractivity contribution in [2.24, 2.45) is 11.7 Å². The Balaban J connectivity index is 1.96. The maximum Gasteiger partial charge on any atom is 0.326 e. The maximum atomic E-state index is 12.0. The summed E-state index contributed by atoms with van der Waals surface area (Å²) in [6.07, 6.45) is 3.50. The smallest absolute Gasteiger partial charge is 0.326 e. The van der Waals surface area contributed by atoms with Gasteiger partial charge >= 0.3 is 5.97 Å². The van der Waals surface area contributed by atoms with Gasteiger partial charge in [-0.1, -0.05) is 6.42 Å². The van der Waals surface area contributed by atoms with Crippen molar-refractivity contribution in [2.75, 3.05) is 13.2 Å². The Labute approximate surface area is 118 Å². The molecule has 2 aliphatic rings. The van der Waals surface area contributed by atoms with Gasteiger partial charge in [-0.25, -0.2) is 0 Å². The Kier molecular flexibility index (Phi) is 4.42. The van der Waals surface area contributed by atoms with Crippen molar-refractivity contribution in [1.82, 2.24) is 4.90 Å². The van der Waals surface area contributed by atoms with Gasteiger partial charge in [-0.2, -0.15) is 0 Å². The third-order valence-corrected chi connectivity index (χ3v) is 4.38. The fraction of sp³-hybridized carbons (Fsp3) is 0.786. The highest BCUT2D eigenvalue weighted by Crippen LogP contribution is 2.37. The first-order valence-electron chi connectivity index (χ1n) is 7.28. The molecule has 6 heteroatoms. The van der Waals surface area contributed by atoms with Crippen molar-refractivity contribution >= 4 is 17.8 Å². The van der Waals surface area contributed by atoms with Crippen molar-refractivity contribution in [2.45, 2.75) is 51.0 Å². The zero-order chi connectivity index (χ0) is 14.8.